The van der Waals surface area contributed by atoms with Crippen LogP contribution >= 0.6 is 27.5 Å². The molecule has 1 aliphatic rings. The van der Waals surface area contributed by atoms with E-state index in [1.54, 1.807) is 12.4 Å². The highest BCUT2D eigenvalue weighted by Gasteiger charge is 2.22. The van der Waals surface area contributed by atoms with Crippen molar-refractivity contribution in [1.82, 2.24) is 14.8 Å². The molecule has 3 rings (SSSR count). The Labute approximate surface area is 160 Å². The molecule has 0 N–H and O–H groups in total. The van der Waals surface area contributed by atoms with Crippen molar-refractivity contribution >= 4 is 33.4 Å². The van der Waals surface area contributed by atoms with Crippen LogP contribution in [0.3, 0.4) is 0 Å². The number of carbonyl (C=O) groups excluding carboxylic acids is 1. The Morgan fingerprint density at radius 3 is 2.56 bits per heavy atom. The van der Waals surface area contributed by atoms with E-state index in [1.165, 1.54) is 0 Å². The first-order chi connectivity index (χ1) is 12.1. The Hall–Kier alpha value is -1.63. The minimum absolute atomic E-state index is 0.0332. The van der Waals surface area contributed by atoms with E-state index in [0.717, 1.165) is 29.9 Å². The average Bonchev–Trinajstić information content (AvgIpc) is 2.63. The Balaban J connectivity index is 1.42. The lowest BCUT2D eigenvalue weighted by Crippen LogP contribution is -2.49. The van der Waals surface area contributed by atoms with E-state index in [2.05, 4.69) is 25.8 Å². The van der Waals surface area contributed by atoms with Gasteiger partial charge in [0.15, 0.2) is 0 Å². The minimum Gasteiger partial charge on any atom is -0.492 e. The van der Waals surface area contributed by atoms with Crippen molar-refractivity contribution in [2.24, 2.45) is 0 Å². The lowest BCUT2D eigenvalue weighted by atomic mass is 10.2. The molecule has 1 aliphatic heterocycles. The maximum Gasteiger partial charge on any atom is 0.255 e. The Kier molecular flexibility index (Phi) is 6.29. The van der Waals surface area contributed by atoms with Gasteiger partial charge < -0.3 is 9.64 Å². The number of amides is 1. The van der Waals surface area contributed by atoms with E-state index in [1.807, 2.05) is 35.2 Å². The van der Waals surface area contributed by atoms with E-state index >= 15 is 0 Å². The van der Waals surface area contributed by atoms with Crippen molar-refractivity contribution in [2.45, 2.75) is 0 Å². The second kappa shape index (κ2) is 8.65. The summed E-state index contributed by atoms with van der Waals surface area (Å²) < 4.78 is 6.54. The van der Waals surface area contributed by atoms with Gasteiger partial charge in [0.05, 0.1) is 5.56 Å². The molecule has 1 aromatic carbocycles. The van der Waals surface area contributed by atoms with E-state index < -0.39 is 0 Å². The smallest absolute Gasteiger partial charge is 0.255 e. The van der Waals surface area contributed by atoms with Crippen LogP contribution in [0.25, 0.3) is 0 Å². The molecule has 132 valence electrons. The molecule has 1 fully saturated rings. The van der Waals surface area contributed by atoms with Crippen LogP contribution in [0.5, 0.6) is 5.75 Å². The van der Waals surface area contributed by atoms with Gasteiger partial charge in [-0.3, -0.25) is 14.7 Å². The summed E-state index contributed by atoms with van der Waals surface area (Å²) in [5.41, 5.74) is 0.619. The topological polar surface area (TPSA) is 45.7 Å². The fourth-order valence-electron chi connectivity index (χ4n) is 2.71. The summed E-state index contributed by atoms with van der Waals surface area (Å²) in [7, 11) is 0. The first kappa shape index (κ1) is 18.2. The van der Waals surface area contributed by atoms with E-state index in [-0.39, 0.29) is 5.91 Å². The van der Waals surface area contributed by atoms with Crippen molar-refractivity contribution in [3.05, 3.63) is 57.8 Å². The first-order valence-corrected chi connectivity index (χ1v) is 9.29. The fourth-order valence-corrected chi connectivity index (χ4v) is 3.20. The highest BCUT2D eigenvalue weighted by atomic mass is 79.9. The van der Waals surface area contributed by atoms with Gasteiger partial charge in [0.25, 0.3) is 5.91 Å². The van der Waals surface area contributed by atoms with Crippen LogP contribution in [0, 0.1) is 0 Å². The molecule has 0 saturated carbocycles. The number of pyridine rings is 1. The number of hydrogen-bond acceptors (Lipinski definition) is 4. The second-order valence-electron chi connectivity index (χ2n) is 5.83. The van der Waals surface area contributed by atoms with Crippen LogP contribution in [0.1, 0.15) is 10.4 Å². The summed E-state index contributed by atoms with van der Waals surface area (Å²) in [5.74, 6) is 0.853. The standard InChI is InChI=1S/C18H19BrClN3O2/c19-15-11-14(12-21-13-15)18(24)23-7-5-22(6-8-23)9-10-25-17-3-1-16(20)2-4-17/h1-4,11-13H,5-10H2. The quantitative estimate of drug-likeness (QED) is 0.738. The van der Waals surface area contributed by atoms with Crippen molar-refractivity contribution in [2.75, 3.05) is 39.3 Å². The Morgan fingerprint density at radius 2 is 1.88 bits per heavy atom. The van der Waals surface area contributed by atoms with Gasteiger partial charge in [-0.1, -0.05) is 11.6 Å². The van der Waals surface area contributed by atoms with E-state index in [4.69, 9.17) is 16.3 Å². The number of halogens is 2. The SMILES string of the molecule is O=C(c1cncc(Br)c1)N1CCN(CCOc2ccc(Cl)cc2)CC1. The van der Waals surface area contributed by atoms with Crippen LogP contribution in [0.2, 0.25) is 5.02 Å². The average molecular weight is 425 g/mol. The zero-order valence-electron chi connectivity index (χ0n) is 13.7. The molecule has 5 nitrogen and oxygen atoms in total. The largest absolute Gasteiger partial charge is 0.492 e. The monoisotopic (exact) mass is 423 g/mol. The van der Waals surface area contributed by atoms with Gasteiger partial charge in [0.2, 0.25) is 0 Å². The number of ether oxygens (including phenoxy) is 1. The maximum absolute atomic E-state index is 12.5. The lowest BCUT2D eigenvalue weighted by Gasteiger charge is -2.34. The molecule has 7 heteroatoms. The molecule has 2 heterocycles. The molecular weight excluding hydrogens is 406 g/mol. The summed E-state index contributed by atoms with van der Waals surface area (Å²) in [5, 5.41) is 0.703. The normalized spacial score (nSPS) is 15.2. The molecule has 1 amide bonds. The third kappa shape index (κ3) is 5.17. The summed E-state index contributed by atoms with van der Waals surface area (Å²) in [6.45, 7) is 4.57. The van der Waals surface area contributed by atoms with Crippen molar-refractivity contribution in [1.29, 1.82) is 0 Å². The van der Waals surface area contributed by atoms with Crippen LogP contribution in [-0.2, 0) is 0 Å². The number of rotatable bonds is 5. The predicted molar refractivity (Wildman–Crippen MR) is 101 cm³/mol. The van der Waals surface area contributed by atoms with Gasteiger partial charge in [0, 0.05) is 54.6 Å². The Morgan fingerprint density at radius 1 is 1.16 bits per heavy atom. The first-order valence-electron chi connectivity index (χ1n) is 8.12. The molecule has 0 bridgehead atoms. The predicted octanol–water partition coefficient (Wildman–Crippen LogP) is 3.33. The zero-order chi connectivity index (χ0) is 17.6. The summed E-state index contributed by atoms with van der Waals surface area (Å²) in [6, 6.07) is 9.17. The highest BCUT2D eigenvalue weighted by Crippen LogP contribution is 2.16. The van der Waals surface area contributed by atoms with E-state index in [0.29, 0.717) is 30.3 Å². The van der Waals surface area contributed by atoms with Crippen molar-refractivity contribution < 1.29 is 9.53 Å². The van der Waals surface area contributed by atoms with Crippen LogP contribution in [-0.4, -0.2) is 60.0 Å². The molecule has 0 atom stereocenters. The van der Waals surface area contributed by atoms with Gasteiger partial charge in [0.1, 0.15) is 12.4 Å². The second-order valence-corrected chi connectivity index (χ2v) is 7.18. The van der Waals surface area contributed by atoms with Gasteiger partial charge in [-0.25, -0.2) is 0 Å². The fraction of sp³-hybridized carbons (Fsp3) is 0.333. The third-order valence-electron chi connectivity index (χ3n) is 4.10. The highest BCUT2D eigenvalue weighted by molar-refractivity contribution is 9.10. The molecule has 25 heavy (non-hydrogen) atoms. The van der Waals surface area contributed by atoms with Gasteiger partial charge >= 0.3 is 0 Å². The lowest BCUT2D eigenvalue weighted by molar-refractivity contribution is 0.0620. The van der Waals surface area contributed by atoms with Crippen LogP contribution in [0.4, 0.5) is 0 Å². The molecule has 0 radical (unpaired) electrons. The zero-order valence-corrected chi connectivity index (χ0v) is 16.0. The minimum atomic E-state index is 0.0332. The van der Waals surface area contributed by atoms with E-state index in [9.17, 15) is 4.79 Å². The van der Waals surface area contributed by atoms with Gasteiger partial charge in [-0.05, 0) is 46.3 Å². The molecule has 2 aromatic rings. The maximum atomic E-state index is 12.5. The van der Waals surface area contributed by atoms with Crippen LogP contribution < -0.4 is 4.74 Å². The Bertz CT molecular complexity index is 719. The van der Waals surface area contributed by atoms with Gasteiger partial charge in [-0.2, -0.15) is 0 Å². The number of hydrogen-bond donors (Lipinski definition) is 0. The van der Waals surface area contributed by atoms with Crippen molar-refractivity contribution in [3.8, 4) is 5.75 Å². The van der Waals surface area contributed by atoms with Crippen molar-refractivity contribution in [3.63, 3.8) is 0 Å². The van der Waals surface area contributed by atoms with Gasteiger partial charge in [-0.15, -0.1) is 0 Å². The summed E-state index contributed by atoms with van der Waals surface area (Å²) in [6.07, 6.45) is 3.29. The summed E-state index contributed by atoms with van der Waals surface area (Å²) >= 11 is 9.21. The number of nitrogens with zero attached hydrogens (tertiary/aromatic N) is 3. The third-order valence-corrected chi connectivity index (χ3v) is 4.79. The molecular formula is C18H19BrClN3O2. The summed E-state index contributed by atoms with van der Waals surface area (Å²) in [4.78, 5) is 20.7. The number of benzene rings is 1. The number of carbonyl (C=O) groups is 1. The molecule has 0 spiro atoms. The number of aromatic nitrogens is 1. The molecule has 0 aliphatic carbocycles. The molecule has 1 saturated heterocycles. The molecule has 1 aromatic heterocycles. The number of piperazine rings is 1. The van der Waals surface area contributed by atoms with Crippen LogP contribution in [0.15, 0.2) is 47.2 Å². The molecule has 0 unspecified atom stereocenters.